The fourth-order valence-electron chi connectivity index (χ4n) is 4.29. The summed E-state index contributed by atoms with van der Waals surface area (Å²) in [4.78, 5) is 17.3. The number of nitrogens with one attached hydrogen (secondary N) is 1. The Kier molecular flexibility index (Phi) is 8.19. The molecule has 1 aliphatic carbocycles. The Hall–Kier alpha value is -2.66. The summed E-state index contributed by atoms with van der Waals surface area (Å²) in [7, 11) is 1.62. The van der Waals surface area contributed by atoms with Gasteiger partial charge < -0.3 is 15.2 Å². The summed E-state index contributed by atoms with van der Waals surface area (Å²) in [5.74, 6) is 2.13. The van der Waals surface area contributed by atoms with E-state index in [-0.39, 0.29) is 11.7 Å². The number of nitrogens with zero attached hydrogens (tertiary/aromatic N) is 1. The first-order valence-electron chi connectivity index (χ1n) is 12.4. The zero-order chi connectivity index (χ0) is 25.0. The Bertz CT molecular complexity index is 1050. The van der Waals surface area contributed by atoms with E-state index in [2.05, 4.69) is 30.2 Å². The molecule has 34 heavy (non-hydrogen) atoms. The van der Waals surface area contributed by atoms with Crippen LogP contribution in [-0.2, 0) is 11.2 Å². The second-order valence-electron chi connectivity index (χ2n) is 10.3. The molecule has 5 heteroatoms. The maximum absolute atomic E-state index is 12.8. The summed E-state index contributed by atoms with van der Waals surface area (Å²) in [6.07, 6.45) is 3.49. The summed E-state index contributed by atoms with van der Waals surface area (Å²) in [5, 5.41) is 12.8. The lowest BCUT2D eigenvalue weighted by Crippen LogP contribution is -2.29. The van der Waals surface area contributed by atoms with Crippen molar-refractivity contribution in [1.82, 2.24) is 0 Å². The van der Waals surface area contributed by atoms with Crippen LogP contribution < -0.4 is 5.32 Å². The Morgan fingerprint density at radius 1 is 1.21 bits per heavy atom. The van der Waals surface area contributed by atoms with Gasteiger partial charge in [0.2, 0.25) is 5.90 Å². The van der Waals surface area contributed by atoms with Gasteiger partial charge in [0.05, 0.1) is 30.6 Å². The zero-order valence-electron chi connectivity index (χ0n) is 21.7. The minimum Gasteiger partial charge on any atom is -0.483 e. The number of methoxy groups -OCH3 is 1. The molecule has 0 saturated heterocycles. The lowest BCUT2D eigenvalue weighted by Gasteiger charge is -2.25. The van der Waals surface area contributed by atoms with E-state index in [1.807, 2.05) is 58.0 Å². The van der Waals surface area contributed by atoms with E-state index in [9.17, 15) is 9.90 Å². The van der Waals surface area contributed by atoms with Crippen LogP contribution in [0.5, 0.6) is 0 Å². The largest absolute Gasteiger partial charge is 0.483 e. The lowest BCUT2D eigenvalue weighted by atomic mass is 9.87. The third kappa shape index (κ3) is 6.06. The van der Waals surface area contributed by atoms with Crippen molar-refractivity contribution in [2.75, 3.05) is 19.0 Å². The zero-order valence-corrected chi connectivity index (χ0v) is 21.7. The molecule has 2 aromatic rings. The number of benzene rings is 2. The highest BCUT2D eigenvalue weighted by Crippen LogP contribution is 2.41. The van der Waals surface area contributed by atoms with Gasteiger partial charge in [-0.3, -0.25) is 4.79 Å². The number of Topliss-reactive ketones (excluding diaryl/α,β-unsaturated/α-hetero) is 1. The molecular weight excluding hydrogens is 424 g/mol. The van der Waals surface area contributed by atoms with Gasteiger partial charge in [-0.2, -0.15) is 0 Å². The summed E-state index contributed by atoms with van der Waals surface area (Å²) in [6, 6.07) is 12.2. The molecule has 1 unspecified atom stereocenters. The highest BCUT2D eigenvalue weighted by molar-refractivity contribution is 6.05. The number of aliphatic hydroxyl groups is 1. The Morgan fingerprint density at radius 3 is 2.44 bits per heavy atom. The van der Waals surface area contributed by atoms with Crippen molar-refractivity contribution in [3.63, 3.8) is 0 Å². The number of carbonyl (C=O) groups excluding carboxylic acids is 1. The molecule has 1 fully saturated rings. The van der Waals surface area contributed by atoms with E-state index in [1.165, 1.54) is 12.8 Å². The first-order valence-corrected chi connectivity index (χ1v) is 12.4. The molecule has 2 aromatic carbocycles. The van der Waals surface area contributed by atoms with Crippen LogP contribution in [-0.4, -0.2) is 36.0 Å². The van der Waals surface area contributed by atoms with Gasteiger partial charge in [-0.05, 0) is 73.8 Å². The van der Waals surface area contributed by atoms with Crippen LogP contribution in [0.2, 0.25) is 0 Å². The SMILES string of the molecule is CC(C1CC1)C(C)(C)O.CCc1cccc(-c2ccc3c(c2)NCC(OC)=N3)c1C(=O)C(C)C. The van der Waals surface area contributed by atoms with E-state index in [1.54, 1.807) is 7.11 Å². The summed E-state index contributed by atoms with van der Waals surface area (Å²) in [6.45, 7) is 12.5. The van der Waals surface area contributed by atoms with Gasteiger partial charge in [-0.25, -0.2) is 4.99 Å². The van der Waals surface area contributed by atoms with Crippen LogP contribution in [0.25, 0.3) is 11.1 Å². The van der Waals surface area contributed by atoms with Crippen LogP contribution in [0.3, 0.4) is 0 Å². The van der Waals surface area contributed by atoms with E-state index in [0.29, 0.717) is 18.4 Å². The maximum Gasteiger partial charge on any atom is 0.208 e. The third-order valence-corrected chi connectivity index (χ3v) is 6.96. The molecule has 1 saturated carbocycles. The molecule has 1 heterocycles. The molecule has 4 rings (SSSR count). The van der Waals surface area contributed by atoms with Gasteiger partial charge in [0.15, 0.2) is 5.78 Å². The Morgan fingerprint density at radius 2 is 1.91 bits per heavy atom. The molecule has 184 valence electrons. The molecule has 0 spiro atoms. The van der Waals surface area contributed by atoms with Crippen LogP contribution in [0.1, 0.15) is 70.3 Å². The van der Waals surface area contributed by atoms with E-state index >= 15 is 0 Å². The lowest BCUT2D eigenvalue weighted by molar-refractivity contribution is 0.0155. The van der Waals surface area contributed by atoms with Gasteiger partial charge in [0.25, 0.3) is 0 Å². The second-order valence-corrected chi connectivity index (χ2v) is 10.3. The van der Waals surface area contributed by atoms with Crippen molar-refractivity contribution in [3.05, 3.63) is 47.5 Å². The first kappa shape index (κ1) is 26.0. The van der Waals surface area contributed by atoms with Gasteiger partial charge in [0.1, 0.15) is 0 Å². The predicted octanol–water partition coefficient (Wildman–Crippen LogP) is 6.66. The van der Waals surface area contributed by atoms with Crippen molar-refractivity contribution in [2.45, 2.75) is 66.4 Å². The molecule has 0 aromatic heterocycles. The minimum atomic E-state index is -0.457. The van der Waals surface area contributed by atoms with Crippen molar-refractivity contribution >= 4 is 23.1 Å². The summed E-state index contributed by atoms with van der Waals surface area (Å²) in [5.41, 5.74) is 5.32. The number of hydrogen-bond acceptors (Lipinski definition) is 5. The normalized spacial score (nSPS) is 16.0. The van der Waals surface area contributed by atoms with Crippen molar-refractivity contribution < 1.29 is 14.6 Å². The molecule has 0 amide bonds. The summed E-state index contributed by atoms with van der Waals surface area (Å²) >= 11 is 0. The fourth-order valence-corrected chi connectivity index (χ4v) is 4.29. The number of aliphatic imine (C=N–C) groups is 1. The quantitative estimate of drug-likeness (QED) is 0.469. The number of ketones is 1. The number of fused-ring (bicyclic) bond motifs is 1. The average molecular weight is 465 g/mol. The monoisotopic (exact) mass is 464 g/mol. The van der Waals surface area contributed by atoms with Gasteiger partial charge in [-0.1, -0.05) is 52.0 Å². The third-order valence-electron chi connectivity index (χ3n) is 6.96. The predicted molar refractivity (Wildman–Crippen MR) is 141 cm³/mol. The average Bonchev–Trinajstić information content (AvgIpc) is 3.67. The van der Waals surface area contributed by atoms with Gasteiger partial charge >= 0.3 is 0 Å². The number of carbonyl (C=O) groups is 1. The highest BCUT2D eigenvalue weighted by Gasteiger charge is 2.36. The summed E-state index contributed by atoms with van der Waals surface area (Å²) < 4.78 is 5.21. The molecule has 0 radical (unpaired) electrons. The van der Waals surface area contributed by atoms with Crippen molar-refractivity contribution in [2.24, 2.45) is 22.7 Å². The molecule has 2 N–H and O–H groups in total. The molecule has 2 aliphatic rings. The van der Waals surface area contributed by atoms with Crippen LogP contribution in [0, 0.1) is 17.8 Å². The van der Waals surface area contributed by atoms with Crippen LogP contribution in [0.4, 0.5) is 11.4 Å². The molecule has 5 nitrogen and oxygen atoms in total. The van der Waals surface area contributed by atoms with E-state index < -0.39 is 5.60 Å². The fraction of sp³-hybridized carbons (Fsp3) is 0.517. The van der Waals surface area contributed by atoms with E-state index in [4.69, 9.17) is 4.74 Å². The van der Waals surface area contributed by atoms with Crippen molar-refractivity contribution in [3.8, 4) is 11.1 Å². The number of anilines is 1. The topological polar surface area (TPSA) is 70.9 Å². The Balaban J connectivity index is 0.000000302. The second kappa shape index (κ2) is 10.7. The standard InChI is InChI=1S/C21H24N2O2.C8H16O/c1-5-14-7-6-8-16(20(14)21(24)13(2)3)15-9-10-17-18(11-15)22-12-19(23-17)25-4;1-6(7-4-5-7)8(2,3)9/h6-11,13,22H,5,12H2,1-4H3;6-7,9H,4-5H2,1-3H3. The Labute approximate surface area is 204 Å². The number of ether oxygens (including phenoxy) is 1. The molecule has 1 aliphatic heterocycles. The molecule has 0 bridgehead atoms. The number of hydrogen-bond donors (Lipinski definition) is 2. The number of aryl methyl sites for hydroxylation is 1. The smallest absolute Gasteiger partial charge is 0.208 e. The van der Waals surface area contributed by atoms with Crippen molar-refractivity contribution in [1.29, 1.82) is 0 Å². The highest BCUT2D eigenvalue weighted by atomic mass is 16.5. The molecular formula is C29H40N2O3. The van der Waals surface area contributed by atoms with Gasteiger partial charge in [0, 0.05) is 11.5 Å². The van der Waals surface area contributed by atoms with Crippen LogP contribution in [0.15, 0.2) is 41.4 Å². The minimum absolute atomic E-state index is 0.0314. The van der Waals surface area contributed by atoms with Crippen LogP contribution >= 0.6 is 0 Å². The number of rotatable bonds is 6. The van der Waals surface area contributed by atoms with E-state index in [0.717, 1.165) is 46.0 Å². The molecule has 1 atom stereocenters. The maximum atomic E-state index is 12.8. The van der Waals surface area contributed by atoms with Gasteiger partial charge in [-0.15, -0.1) is 0 Å². The first-order chi connectivity index (χ1) is 16.1.